The Morgan fingerprint density at radius 3 is 2.49 bits per heavy atom. The molecule has 0 aliphatic carbocycles. The molecular weight excluding hydrogens is 504 g/mol. The maximum atomic E-state index is 13.6. The molecule has 4 aromatic rings. The normalized spacial score (nSPS) is 14.5. The van der Waals surface area contributed by atoms with Crippen molar-refractivity contribution in [2.24, 2.45) is 0 Å². The predicted molar refractivity (Wildman–Crippen MR) is 139 cm³/mol. The highest BCUT2D eigenvalue weighted by Crippen LogP contribution is 2.37. The Hall–Kier alpha value is -4.53. The van der Waals surface area contributed by atoms with Crippen molar-refractivity contribution < 1.29 is 27.5 Å². The van der Waals surface area contributed by atoms with Crippen LogP contribution in [0.25, 0.3) is 0 Å². The van der Waals surface area contributed by atoms with Crippen LogP contribution in [0.4, 0.5) is 8.78 Å². The number of rotatable bonds is 8. The number of oxazole rings is 1. The van der Waals surface area contributed by atoms with Crippen LogP contribution in [-0.2, 0) is 24.4 Å². The van der Waals surface area contributed by atoms with E-state index >= 15 is 0 Å². The van der Waals surface area contributed by atoms with Crippen molar-refractivity contribution in [3.05, 3.63) is 118 Å². The molecule has 0 radical (unpaired) electrons. The summed E-state index contributed by atoms with van der Waals surface area (Å²) >= 11 is 0. The number of nitrogens with zero attached hydrogens (tertiary/aromatic N) is 2. The molecule has 39 heavy (non-hydrogen) atoms. The van der Waals surface area contributed by atoms with Gasteiger partial charge in [-0.25, -0.2) is 13.8 Å². The number of aromatic nitrogens is 1. The molecule has 1 N–H and O–H groups in total. The van der Waals surface area contributed by atoms with Gasteiger partial charge in [-0.1, -0.05) is 37.3 Å². The van der Waals surface area contributed by atoms with E-state index in [4.69, 9.17) is 9.15 Å². The molecule has 1 atom stereocenters. The van der Waals surface area contributed by atoms with Gasteiger partial charge in [0.15, 0.2) is 12.3 Å². The molecule has 0 saturated carbocycles. The van der Waals surface area contributed by atoms with Crippen molar-refractivity contribution in [3.8, 4) is 5.75 Å². The third-order valence-corrected chi connectivity index (χ3v) is 6.67. The summed E-state index contributed by atoms with van der Waals surface area (Å²) in [6.07, 6.45) is 2.33. The molecule has 0 spiro atoms. The summed E-state index contributed by atoms with van der Waals surface area (Å²) in [5.41, 5.74) is 3.68. The molecule has 9 heteroatoms. The summed E-state index contributed by atoms with van der Waals surface area (Å²) in [5, 5.41) is 2.72. The molecule has 200 valence electrons. The van der Waals surface area contributed by atoms with E-state index in [0.717, 1.165) is 22.3 Å². The minimum Gasteiger partial charge on any atom is -0.484 e. The van der Waals surface area contributed by atoms with Gasteiger partial charge < -0.3 is 19.4 Å². The maximum Gasteiger partial charge on any atom is 0.273 e. The summed E-state index contributed by atoms with van der Waals surface area (Å²) in [7, 11) is 0. The molecule has 3 aromatic carbocycles. The Balaban J connectivity index is 1.28. The number of carbonyl (C=O) groups is 2. The zero-order chi connectivity index (χ0) is 27.4. The first-order valence-corrected chi connectivity index (χ1v) is 12.7. The number of halogens is 2. The van der Waals surface area contributed by atoms with E-state index in [1.54, 1.807) is 24.3 Å². The van der Waals surface area contributed by atoms with E-state index in [1.807, 2.05) is 30.0 Å². The number of carbonyl (C=O) groups excluding carboxylic acids is 2. The van der Waals surface area contributed by atoms with Gasteiger partial charge >= 0.3 is 0 Å². The van der Waals surface area contributed by atoms with Gasteiger partial charge in [-0.15, -0.1) is 0 Å². The zero-order valence-corrected chi connectivity index (χ0v) is 21.3. The average Bonchev–Trinajstić information content (AvgIpc) is 3.44. The molecule has 0 fully saturated rings. The summed E-state index contributed by atoms with van der Waals surface area (Å²) in [5.74, 6) is -0.320. The topological polar surface area (TPSA) is 84.7 Å². The van der Waals surface area contributed by atoms with E-state index < -0.39 is 5.91 Å². The van der Waals surface area contributed by atoms with Crippen molar-refractivity contribution in [2.75, 3.05) is 6.54 Å². The van der Waals surface area contributed by atoms with Gasteiger partial charge in [-0.3, -0.25) is 9.59 Å². The van der Waals surface area contributed by atoms with Crippen LogP contribution < -0.4 is 10.1 Å². The number of benzene rings is 3. The zero-order valence-electron chi connectivity index (χ0n) is 21.3. The molecule has 2 amide bonds. The van der Waals surface area contributed by atoms with E-state index in [0.29, 0.717) is 25.1 Å². The monoisotopic (exact) mass is 531 g/mol. The molecule has 5 rings (SSSR count). The highest BCUT2D eigenvalue weighted by molar-refractivity contribution is 5.91. The first-order valence-electron chi connectivity index (χ1n) is 12.7. The van der Waals surface area contributed by atoms with E-state index in [9.17, 15) is 18.4 Å². The lowest BCUT2D eigenvalue weighted by molar-refractivity contribution is -0.132. The maximum absolute atomic E-state index is 13.6. The van der Waals surface area contributed by atoms with Crippen LogP contribution in [0.5, 0.6) is 5.75 Å². The van der Waals surface area contributed by atoms with Gasteiger partial charge in [0.25, 0.3) is 5.91 Å². The second-order valence-electron chi connectivity index (χ2n) is 9.23. The molecule has 1 aliphatic rings. The number of ether oxygens (including phenoxy) is 1. The Labute approximate surface area is 224 Å². The van der Waals surface area contributed by atoms with Crippen LogP contribution in [0.3, 0.4) is 0 Å². The second-order valence-corrected chi connectivity index (χ2v) is 9.23. The van der Waals surface area contributed by atoms with Crippen LogP contribution in [-0.4, -0.2) is 28.2 Å². The standard InChI is InChI=1S/C30H27F2N3O4/c1-2-28(36)35-14-13-20-7-12-24(15-25(20)29(35)21-5-10-23(32)11-6-21)38-18-27-34-26(17-39-27)30(37)33-16-19-3-8-22(31)9-4-19/h3-12,15,17,29H,2,13-14,16,18H2,1H3,(H,33,37)/t29-/m1/s1. The predicted octanol–water partition coefficient (Wildman–Crippen LogP) is 5.35. The largest absolute Gasteiger partial charge is 0.484 e. The molecule has 0 saturated heterocycles. The lowest BCUT2D eigenvalue weighted by Crippen LogP contribution is -2.40. The average molecular weight is 532 g/mol. The third-order valence-electron chi connectivity index (χ3n) is 6.67. The van der Waals surface area contributed by atoms with Gasteiger partial charge in [-0.05, 0) is 65.1 Å². The van der Waals surface area contributed by atoms with Crippen molar-refractivity contribution in [3.63, 3.8) is 0 Å². The number of nitrogens with one attached hydrogen (secondary N) is 1. The van der Waals surface area contributed by atoms with Crippen LogP contribution >= 0.6 is 0 Å². The molecule has 1 aromatic heterocycles. The van der Waals surface area contributed by atoms with E-state index in [2.05, 4.69) is 10.3 Å². The molecule has 7 nitrogen and oxygen atoms in total. The van der Waals surface area contributed by atoms with E-state index in [1.165, 1.54) is 30.5 Å². The molecule has 0 bridgehead atoms. The third kappa shape index (κ3) is 5.98. The fraction of sp³-hybridized carbons (Fsp3) is 0.233. The minimum atomic E-state index is -0.425. The number of amides is 2. The van der Waals surface area contributed by atoms with Crippen molar-refractivity contribution in [1.29, 1.82) is 0 Å². The quantitative estimate of drug-likeness (QED) is 0.332. The van der Waals surface area contributed by atoms with Gasteiger partial charge in [0, 0.05) is 19.5 Å². The number of hydrogen-bond donors (Lipinski definition) is 1. The fourth-order valence-corrected chi connectivity index (χ4v) is 4.66. The van der Waals surface area contributed by atoms with Crippen LogP contribution in [0.15, 0.2) is 77.4 Å². The first-order chi connectivity index (χ1) is 18.9. The molecule has 1 aliphatic heterocycles. The Morgan fingerprint density at radius 1 is 1.05 bits per heavy atom. The van der Waals surface area contributed by atoms with Gasteiger partial charge in [0.1, 0.15) is 23.6 Å². The second kappa shape index (κ2) is 11.5. The summed E-state index contributed by atoms with van der Waals surface area (Å²) in [4.78, 5) is 31.2. The SMILES string of the molecule is CCC(=O)N1CCc2ccc(OCc3nc(C(=O)NCc4ccc(F)cc4)co3)cc2[C@H]1c1ccc(F)cc1. The van der Waals surface area contributed by atoms with Crippen molar-refractivity contribution >= 4 is 11.8 Å². The van der Waals surface area contributed by atoms with E-state index in [-0.39, 0.29) is 48.3 Å². The summed E-state index contributed by atoms with van der Waals surface area (Å²) in [6.45, 7) is 2.61. The number of hydrogen-bond acceptors (Lipinski definition) is 5. The van der Waals surface area contributed by atoms with Crippen LogP contribution in [0.2, 0.25) is 0 Å². The highest BCUT2D eigenvalue weighted by Gasteiger charge is 2.31. The summed E-state index contributed by atoms with van der Waals surface area (Å²) in [6, 6.07) is 17.4. The van der Waals surface area contributed by atoms with Crippen molar-refractivity contribution in [2.45, 2.75) is 39.0 Å². The number of fused-ring (bicyclic) bond motifs is 1. The molecule has 0 unspecified atom stereocenters. The Bertz CT molecular complexity index is 1470. The molecular formula is C30H27F2N3O4. The Kier molecular flexibility index (Phi) is 7.67. The Morgan fingerprint density at radius 2 is 1.77 bits per heavy atom. The first kappa shape index (κ1) is 26.1. The van der Waals surface area contributed by atoms with Gasteiger partial charge in [0.2, 0.25) is 11.8 Å². The fourth-order valence-electron chi connectivity index (χ4n) is 4.66. The lowest BCUT2D eigenvalue weighted by Gasteiger charge is -2.38. The van der Waals surface area contributed by atoms with Crippen LogP contribution in [0.1, 0.15) is 58.0 Å². The molecule has 2 heterocycles. The highest BCUT2D eigenvalue weighted by atomic mass is 19.1. The van der Waals surface area contributed by atoms with Crippen LogP contribution in [0, 0.1) is 11.6 Å². The van der Waals surface area contributed by atoms with Gasteiger partial charge in [-0.2, -0.15) is 0 Å². The lowest BCUT2D eigenvalue weighted by atomic mass is 9.87. The smallest absolute Gasteiger partial charge is 0.273 e. The summed E-state index contributed by atoms with van der Waals surface area (Å²) < 4.78 is 38.0. The minimum absolute atomic E-state index is 0.0111. The van der Waals surface area contributed by atoms with Gasteiger partial charge in [0.05, 0.1) is 6.04 Å². The van der Waals surface area contributed by atoms with Crippen molar-refractivity contribution in [1.82, 2.24) is 15.2 Å².